The highest BCUT2D eigenvalue weighted by Crippen LogP contribution is 2.30. The molecule has 1 heterocycles. The number of aliphatic imine (C=N–C) groups is 1. The number of nitrogens with zero attached hydrogens (tertiary/aromatic N) is 3. The van der Waals surface area contributed by atoms with Gasteiger partial charge in [0.1, 0.15) is 5.82 Å². The quantitative estimate of drug-likeness (QED) is 0.296. The van der Waals surface area contributed by atoms with E-state index in [0.717, 1.165) is 10.2 Å². The predicted octanol–water partition coefficient (Wildman–Crippen LogP) is 3.10. The summed E-state index contributed by atoms with van der Waals surface area (Å²) in [6, 6.07) is 6.11. The lowest BCUT2D eigenvalue weighted by Crippen LogP contribution is -2.38. The topological polar surface area (TPSA) is 54.2 Å². The van der Waals surface area contributed by atoms with Crippen LogP contribution in [-0.4, -0.2) is 29.3 Å². The molecule has 1 aromatic heterocycles. The molecule has 2 aromatic rings. The fraction of sp³-hybridized carbons (Fsp3) is 0.375. The lowest BCUT2D eigenvalue weighted by molar-refractivity contribution is -0.142. The average Bonchev–Trinajstić information content (AvgIpc) is 2.93. The van der Waals surface area contributed by atoms with E-state index in [4.69, 9.17) is 0 Å². The van der Waals surface area contributed by atoms with E-state index >= 15 is 0 Å². The number of guanidine groups is 1. The summed E-state index contributed by atoms with van der Waals surface area (Å²) in [6.45, 7) is 0.448. The van der Waals surface area contributed by atoms with Gasteiger partial charge in [-0.05, 0) is 24.1 Å². The average molecular weight is 485 g/mol. The van der Waals surface area contributed by atoms with Crippen LogP contribution in [0.25, 0.3) is 0 Å². The van der Waals surface area contributed by atoms with Crippen molar-refractivity contribution in [2.24, 2.45) is 12.0 Å². The SMILES string of the molecule is CN=C(NCCc1ccc(F)cc1)NCc1cn(C)nc1C(F)(F)F.I. The minimum atomic E-state index is -4.50. The van der Waals surface area contributed by atoms with E-state index in [0.29, 0.717) is 18.9 Å². The number of aryl methyl sites for hydroxylation is 1. The van der Waals surface area contributed by atoms with Crippen molar-refractivity contribution < 1.29 is 17.6 Å². The first-order chi connectivity index (χ1) is 11.8. The van der Waals surface area contributed by atoms with Gasteiger partial charge in [-0.2, -0.15) is 18.3 Å². The summed E-state index contributed by atoms with van der Waals surface area (Å²) in [5, 5.41) is 9.29. The van der Waals surface area contributed by atoms with E-state index in [1.807, 2.05) is 0 Å². The van der Waals surface area contributed by atoms with E-state index in [1.54, 1.807) is 12.1 Å². The highest BCUT2D eigenvalue weighted by molar-refractivity contribution is 14.0. The molecule has 2 N–H and O–H groups in total. The summed E-state index contributed by atoms with van der Waals surface area (Å²) < 4.78 is 52.7. The van der Waals surface area contributed by atoms with Gasteiger partial charge in [0.25, 0.3) is 0 Å². The van der Waals surface area contributed by atoms with Gasteiger partial charge in [0.2, 0.25) is 0 Å². The lowest BCUT2D eigenvalue weighted by Gasteiger charge is -2.12. The van der Waals surface area contributed by atoms with E-state index in [2.05, 4.69) is 20.7 Å². The van der Waals surface area contributed by atoms with Crippen molar-refractivity contribution in [3.8, 4) is 0 Å². The van der Waals surface area contributed by atoms with Crippen LogP contribution >= 0.6 is 24.0 Å². The first-order valence-corrected chi connectivity index (χ1v) is 7.58. The van der Waals surface area contributed by atoms with Gasteiger partial charge in [-0.1, -0.05) is 12.1 Å². The normalized spacial score (nSPS) is 11.8. The molecule has 0 spiro atoms. The lowest BCUT2D eigenvalue weighted by atomic mass is 10.1. The molecule has 10 heteroatoms. The molecule has 0 saturated carbocycles. The Labute approximate surface area is 165 Å². The Morgan fingerprint density at radius 1 is 1.19 bits per heavy atom. The van der Waals surface area contributed by atoms with Gasteiger partial charge >= 0.3 is 6.18 Å². The smallest absolute Gasteiger partial charge is 0.356 e. The molecule has 1 aromatic carbocycles. The van der Waals surface area contributed by atoms with Crippen LogP contribution in [0.4, 0.5) is 17.6 Å². The van der Waals surface area contributed by atoms with E-state index in [-0.39, 0.29) is 41.9 Å². The van der Waals surface area contributed by atoms with Crippen LogP contribution in [0.2, 0.25) is 0 Å². The largest absolute Gasteiger partial charge is 0.435 e. The zero-order valence-electron chi connectivity index (χ0n) is 14.3. The van der Waals surface area contributed by atoms with Crippen molar-refractivity contribution >= 4 is 29.9 Å². The van der Waals surface area contributed by atoms with Gasteiger partial charge in [0.15, 0.2) is 11.7 Å². The Bertz CT molecular complexity index is 725. The van der Waals surface area contributed by atoms with Crippen LogP contribution in [0.1, 0.15) is 16.8 Å². The summed E-state index contributed by atoms with van der Waals surface area (Å²) in [5.74, 6) is 0.0743. The van der Waals surface area contributed by atoms with Gasteiger partial charge in [-0.25, -0.2) is 4.39 Å². The van der Waals surface area contributed by atoms with Crippen molar-refractivity contribution in [2.75, 3.05) is 13.6 Å². The summed E-state index contributed by atoms with van der Waals surface area (Å²) >= 11 is 0. The molecule has 26 heavy (non-hydrogen) atoms. The highest BCUT2D eigenvalue weighted by Gasteiger charge is 2.36. The summed E-state index contributed by atoms with van der Waals surface area (Å²) in [5.41, 5.74) is 0.0664. The Hall–Kier alpha value is -1.85. The number of nitrogens with one attached hydrogen (secondary N) is 2. The second kappa shape index (κ2) is 9.74. The maximum Gasteiger partial charge on any atom is 0.435 e. The molecule has 0 aliphatic carbocycles. The Morgan fingerprint density at radius 2 is 1.85 bits per heavy atom. The number of rotatable bonds is 5. The fourth-order valence-corrected chi connectivity index (χ4v) is 2.28. The molecule has 0 atom stereocenters. The number of halogens is 5. The van der Waals surface area contributed by atoms with Gasteiger partial charge in [-0.15, -0.1) is 24.0 Å². The second-order valence-electron chi connectivity index (χ2n) is 5.40. The molecule has 0 fully saturated rings. The molecule has 0 aliphatic heterocycles. The first kappa shape index (κ1) is 22.2. The van der Waals surface area contributed by atoms with E-state index in [9.17, 15) is 17.6 Å². The standard InChI is InChI=1S/C16H19F4N5.HI/c1-21-15(22-8-7-11-3-5-13(17)6-4-11)23-9-12-10-25(2)24-14(12)16(18,19)20;/h3-6,10H,7-9H2,1-2H3,(H2,21,22,23);1H. The molecule has 0 aliphatic rings. The number of alkyl halides is 3. The van der Waals surface area contributed by atoms with Crippen LogP contribution in [0, 0.1) is 5.82 Å². The molecular formula is C16H20F4IN5. The fourth-order valence-electron chi connectivity index (χ4n) is 2.28. The predicted molar refractivity (Wildman–Crippen MR) is 102 cm³/mol. The molecule has 0 radical (unpaired) electrons. The van der Waals surface area contributed by atoms with Crippen LogP contribution in [0.5, 0.6) is 0 Å². The molecule has 0 bridgehead atoms. The molecule has 2 rings (SSSR count). The Morgan fingerprint density at radius 3 is 2.42 bits per heavy atom. The molecular weight excluding hydrogens is 465 g/mol. The third kappa shape index (κ3) is 6.46. The monoisotopic (exact) mass is 485 g/mol. The van der Waals surface area contributed by atoms with Gasteiger partial charge in [0.05, 0.1) is 0 Å². The van der Waals surface area contributed by atoms with Crippen LogP contribution in [0.15, 0.2) is 35.5 Å². The zero-order chi connectivity index (χ0) is 18.4. The summed E-state index contributed by atoms with van der Waals surface area (Å²) in [6.07, 6.45) is -2.55. The molecule has 0 amide bonds. The third-order valence-electron chi connectivity index (χ3n) is 3.46. The number of benzene rings is 1. The Balaban J connectivity index is 0.00000338. The number of aromatic nitrogens is 2. The molecule has 0 unspecified atom stereocenters. The van der Waals surface area contributed by atoms with E-state index < -0.39 is 11.9 Å². The zero-order valence-corrected chi connectivity index (χ0v) is 16.6. The van der Waals surface area contributed by atoms with Gasteiger partial charge in [-0.3, -0.25) is 9.67 Å². The minimum absolute atomic E-state index is 0. The van der Waals surface area contributed by atoms with Crippen LogP contribution in [0.3, 0.4) is 0 Å². The minimum Gasteiger partial charge on any atom is -0.356 e. The summed E-state index contributed by atoms with van der Waals surface area (Å²) in [7, 11) is 2.97. The van der Waals surface area contributed by atoms with E-state index in [1.165, 1.54) is 32.4 Å². The highest BCUT2D eigenvalue weighted by atomic mass is 127. The Kier molecular flexibility index (Phi) is 8.31. The molecule has 5 nitrogen and oxygen atoms in total. The van der Waals surface area contributed by atoms with Gasteiger partial charge in [0, 0.05) is 38.9 Å². The first-order valence-electron chi connectivity index (χ1n) is 7.58. The maximum absolute atomic E-state index is 12.9. The van der Waals surface area contributed by atoms with Crippen LogP contribution < -0.4 is 10.6 Å². The third-order valence-corrected chi connectivity index (χ3v) is 3.46. The maximum atomic E-state index is 12.9. The van der Waals surface area contributed by atoms with Crippen molar-refractivity contribution in [1.82, 2.24) is 20.4 Å². The second-order valence-corrected chi connectivity index (χ2v) is 5.40. The van der Waals surface area contributed by atoms with Crippen molar-refractivity contribution in [2.45, 2.75) is 19.1 Å². The number of hydrogen-bond donors (Lipinski definition) is 2. The van der Waals surface area contributed by atoms with Crippen molar-refractivity contribution in [1.29, 1.82) is 0 Å². The molecule has 144 valence electrons. The van der Waals surface area contributed by atoms with Crippen molar-refractivity contribution in [3.63, 3.8) is 0 Å². The molecule has 0 saturated heterocycles. The summed E-state index contributed by atoms with van der Waals surface area (Å²) in [4.78, 5) is 3.97. The van der Waals surface area contributed by atoms with Gasteiger partial charge < -0.3 is 10.6 Å². The van der Waals surface area contributed by atoms with Crippen molar-refractivity contribution in [3.05, 3.63) is 53.1 Å². The number of hydrogen-bond acceptors (Lipinski definition) is 2. The van der Waals surface area contributed by atoms with Crippen LogP contribution in [-0.2, 0) is 26.2 Å².